The van der Waals surface area contributed by atoms with Crippen molar-refractivity contribution in [1.82, 2.24) is 9.78 Å². The van der Waals surface area contributed by atoms with Crippen molar-refractivity contribution in [2.75, 3.05) is 12.0 Å². The summed E-state index contributed by atoms with van der Waals surface area (Å²) >= 11 is 6.14. The molecule has 0 saturated heterocycles. The lowest BCUT2D eigenvalue weighted by atomic mass is 10.1. The Hall–Kier alpha value is -1.91. The Kier molecular flexibility index (Phi) is 5.50. The molecule has 0 aliphatic carbocycles. The zero-order valence-corrected chi connectivity index (χ0v) is 16.6. The second-order valence-electron chi connectivity index (χ2n) is 5.50. The number of aromatic amines is 1. The predicted molar refractivity (Wildman–Crippen MR) is 96.4 cm³/mol. The normalized spacial score (nSPS) is 12.3. The molecule has 0 bridgehead atoms. The molecule has 0 aliphatic rings. The van der Waals surface area contributed by atoms with E-state index in [1.54, 1.807) is 6.92 Å². The molecule has 0 radical (unpaired) electrons. The third kappa shape index (κ3) is 3.49. The molecule has 0 aliphatic heterocycles. The van der Waals surface area contributed by atoms with E-state index in [0.29, 0.717) is 6.54 Å². The van der Waals surface area contributed by atoms with Crippen LogP contribution in [0.5, 0.6) is 0 Å². The number of aryl methyl sites for hydroxylation is 1. The van der Waals surface area contributed by atoms with Crippen molar-refractivity contribution in [3.8, 4) is 0 Å². The highest BCUT2D eigenvalue weighted by Crippen LogP contribution is 2.33. The summed E-state index contributed by atoms with van der Waals surface area (Å²) in [4.78, 5) is 23.7. The smallest absolute Gasteiger partial charge is 0.277 e. The molecule has 0 spiro atoms. The van der Waals surface area contributed by atoms with Crippen LogP contribution >= 0.6 is 11.6 Å². The molecule has 2 aromatic rings. The molecule has 0 saturated carbocycles. The maximum Gasteiger partial charge on any atom is 0.277 e. The van der Waals surface area contributed by atoms with Gasteiger partial charge in [0.2, 0.25) is 5.78 Å². The van der Waals surface area contributed by atoms with Crippen LogP contribution in [0.25, 0.3) is 0 Å². The molecule has 0 fully saturated rings. The summed E-state index contributed by atoms with van der Waals surface area (Å²) < 4.78 is 49.9. The number of sulfone groups is 2. The van der Waals surface area contributed by atoms with Gasteiger partial charge < -0.3 is 5.10 Å². The van der Waals surface area contributed by atoms with Crippen LogP contribution in [0.1, 0.15) is 29.8 Å². The average molecular weight is 421 g/mol. The molecule has 142 valence electrons. The molecule has 8 nitrogen and oxygen atoms in total. The topological polar surface area (TPSA) is 123 Å². The van der Waals surface area contributed by atoms with E-state index in [1.807, 2.05) is 0 Å². The van der Waals surface area contributed by atoms with Gasteiger partial charge in [-0.25, -0.2) is 16.8 Å². The fourth-order valence-corrected chi connectivity index (χ4v) is 5.69. The number of halogens is 1. The summed E-state index contributed by atoms with van der Waals surface area (Å²) in [5.41, 5.74) is -1.06. The van der Waals surface area contributed by atoms with Gasteiger partial charge in [0.25, 0.3) is 5.56 Å². The van der Waals surface area contributed by atoms with Crippen molar-refractivity contribution in [1.29, 1.82) is 0 Å². The highest BCUT2D eigenvalue weighted by atomic mass is 35.5. The number of hydrogen-bond acceptors (Lipinski definition) is 6. The Labute approximate surface area is 155 Å². The number of nitrogens with one attached hydrogen (secondary N) is 1. The summed E-state index contributed by atoms with van der Waals surface area (Å²) in [7, 11) is -7.96. The zero-order valence-electron chi connectivity index (χ0n) is 14.2. The first-order chi connectivity index (χ1) is 12.0. The van der Waals surface area contributed by atoms with Crippen molar-refractivity contribution in [3.63, 3.8) is 0 Å². The molecule has 0 amide bonds. The van der Waals surface area contributed by atoms with E-state index in [0.717, 1.165) is 18.4 Å². The van der Waals surface area contributed by atoms with Gasteiger partial charge in [0.05, 0.1) is 15.7 Å². The van der Waals surface area contributed by atoms with Crippen molar-refractivity contribution in [3.05, 3.63) is 44.8 Å². The number of nitrogens with zero attached hydrogens (tertiary/aromatic N) is 1. The summed E-state index contributed by atoms with van der Waals surface area (Å²) in [6.45, 7) is 3.34. The SMILES string of the molecule is CCn1[nH]cc(C(=O)c2ccc(S(C)(=O)=O)c(S(=O)(=O)CC)c2Cl)c1=O. The standard InChI is InChI=1S/C15H17ClN2O6S2/c1-4-18-15(20)10(8-17-18)13(19)9-6-7-11(25(3,21)22)14(12(9)16)26(23,24)5-2/h6-8,17H,4-5H2,1-3H3. The minimum Gasteiger partial charge on any atom is -0.302 e. The monoisotopic (exact) mass is 420 g/mol. The molecule has 1 aromatic heterocycles. The van der Waals surface area contributed by atoms with Crippen molar-refractivity contribution < 1.29 is 21.6 Å². The van der Waals surface area contributed by atoms with E-state index >= 15 is 0 Å². The summed E-state index contributed by atoms with van der Waals surface area (Å²) in [6, 6.07) is 2.13. The van der Waals surface area contributed by atoms with E-state index in [2.05, 4.69) is 5.10 Å². The Balaban J connectivity index is 2.81. The lowest BCUT2D eigenvalue weighted by molar-refractivity contribution is 0.103. The van der Waals surface area contributed by atoms with Gasteiger partial charge in [-0.05, 0) is 19.1 Å². The minimum absolute atomic E-state index is 0.222. The molecular weight excluding hydrogens is 404 g/mol. The molecule has 1 heterocycles. The van der Waals surface area contributed by atoms with Crippen molar-refractivity contribution in [2.24, 2.45) is 0 Å². The Morgan fingerprint density at radius 1 is 1.15 bits per heavy atom. The number of ketones is 1. The summed E-state index contributed by atoms with van der Waals surface area (Å²) in [5.74, 6) is -1.20. The van der Waals surface area contributed by atoms with Crippen molar-refractivity contribution in [2.45, 2.75) is 30.2 Å². The highest BCUT2D eigenvalue weighted by molar-refractivity contribution is 7.94. The second kappa shape index (κ2) is 7.01. The van der Waals surface area contributed by atoms with Crippen LogP contribution in [0.4, 0.5) is 0 Å². The van der Waals surface area contributed by atoms with E-state index in [1.165, 1.54) is 17.8 Å². The Bertz CT molecular complexity index is 1140. The lowest BCUT2D eigenvalue weighted by Crippen LogP contribution is -2.22. The number of carbonyl (C=O) groups is 1. The van der Waals surface area contributed by atoms with Crippen molar-refractivity contribution >= 4 is 37.1 Å². The molecule has 0 atom stereocenters. The van der Waals surface area contributed by atoms with E-state index in [9.17, 15) is 26.4 Å². The van der Waals surface area contributed by atoms with Gasteiger partial charge in [-0.3, -0.25) is 14.3 Å². The first-order valence-electron chi connectivity index (χ1n) is 7.53. The van der Waals surface area contributed by atoms with Gasteiger partial charge in [-0.2, -0.15) is 0 Å². The van der Waals surface area contributed by atoms with Gasteiger partial charge in [-0.15, -0.1) is 0 Å². The lowest BCUT2D eigenvalue weighted by Gasteiger charge is -2.12. The molecule has 1 N–H and O–H groups in total. The van der Waals surface area contributed by atoms with Crippen LogP contribution in [0.3, 0.4) is 0 Å². The van der Waals surface area contributed by atoms with Gasteiger partial charge in [0, 0.05) is 24.6 Å². The van der Waals surface area contributed by atoms with Gasteiger partial charge in [-0.1, -0.05) is 18.5 Å². The van der Waals surface area contributed by atoms with Crippen LogP contribution < -0.4 is 5.56 Å². The number of H-pyrrole nitrogens is 1. The third-order valence-electron chi connectivity index (χ3n) is 3.80. The Morgan fingerprint density at radius 2 is 1.77 bits per heavy atom. The quantitative estimate of drug-likeness (QED) is 0.702. The second-order valence-corrected chi connectivity index (χ2v) is 10.1. The molecule has 2 rings (SSSR count). The molecule has 11 heteroatoms. The number of carbonyl (C=O) groups excluding carboxylic acids is 1. The molecule has 0 unspecified atom stereocenters. The maximum absolute atomic E-state index is 12.7. The number of hydrogen-bond donors (Lipinski definition) is 1. The minimum atomic E-state index is -4.04. The van der Waals surface area contributed by atoms with Crippen LogP contribution in [0.15, 0.2) is 32.9 Å². The van der Waals surface area contributed by atoms with Crippen LogP contribution in [0, 0.1) is 0 Å². The van der Waals surface area contributed by atoms with E-state index in [4.69, 9.17) is 11.6 Å². The Morgan fingerprint density at radius 3 is 2.23 bits per heavy atom. The largest absolute Gasteiger partial charge is 0.302 e. The van der Waals surface area contributed by atoms with E-state index < -0.39 is 51.6 Å². The fraction of sp³-hybridized carbons (Fsp3) is 0.333. The number of aromatic nitrogens is 2. The maximum atomic E-state index is 12.7. The van der Waals surface area contributed by atoms with Gasteiger partial charge in [0.1, 0.15) is 10.5 Å². The number of rotatable bonds is 6. The van der Waals surface area contributed by atoms with E-state index in [-0.39, 0.29) is 11.1 Å². The highest BCUT2D eigenvalue weighted by Gasteiger charge is 2.30. The fourth-order valence-electron chi connectivity index (χ4n) is 2.39. The first-order valence-corrected chi connectivity index (χ1v) is 11.5. The number of benzene rings is 1. The zero-order chi connectivity index (χ0) is 19.9. The third-order valence-corrected chi connectivity index (χ3v) is 7.38. The van der Waals surface area contributed by atoms with Crippen LogP contribution in [-0.4, -0.2) is 44.4 Å². The summed E-state index contributed by atoms with van der Waals surface area (Å²) in [6.07, 6.45) is 2.05. The molecular formula is C15H17ClN2O6S2. The van der Waals surface area contributed by atoms with Gasteiger partial charge in [0.15, 0.2) is 19.7 Å². The molecule has 26 heavy (non-hydrogen) atoms. The summed E-state index contributed by atoms with van der Waals surface area (Å²) in [5, 5.41) is 2.10. The molecule has 1 aromatic carbocycles. The van der Waals surface area contributed by atoms with Gasteiger partial charge >= 0.3 is 0 Å². The predicted octanol–water partition coefficient (Wildman–Crippen LogP) is 1.28. The first kappa shape index (κ1) is 20.4. The van der Waals surface area contributed by atoms with Crippen LogP contribution in [0.2, 0.25) is 5.02 Å². The average Bonchev–Trinajstić information content (AvgIpc) is 2.93. The van der Waals surface area contributed by atoms with Crippen LogP contribution in [-0.2, 0) is 26.2 Å².